The number of carboxylic acids is 1. The van der Waals surface area contributed by atoms with Gasteiger partial charge in [0, 0.05) is 12.0 Å². The van der Waals surface area contributed by atoms with Crippen molar-refractivity contribution in [3.63, 3.8) is 0 Å². The Kier molecular flexibility index (Phi) is 7.86. The molecule has 5 N–H and O–H groups in total. The molecule has 10 nitrogen and oxygen atoms in total. The highest BCUT2D eigenvalue weighted by Gasteiger charge is 2.68. The van der Waals surface area contributed by atoms with E-state index in [0.29, 0.717) is 25.7 Å². The number of Topliss-reactive ketones (excluding diaryl/α,β-unsaturated/α-hetero) is 1. The first-order valence-corrected chi connectivity index (χ1v) is 14.5. The molecule has 0 saturated heterocycles. The van der Waals surface area contributed by atoms with Crippen LogP contribution in [0.15, 0.2) is 41.1 Å². The molecule has 0 spiro atoms. The number of aliphatic hydroxyl groups is 3. The third-order valence-corrected chi connectivity index (χ3v) is 10.7. The average Bonchev–Trinajstić information content (AvgIpc) is 3.22. The van der Waals surface area contributed by atoms with Gasteiger partial charge in [0.25, 0.3) is 5.91 Å². The maximum Gasteiger partial charge on any atom is 0.335 e. The van der Waals surface area contributed by atoms with Gasteiger partial charge in [0.05, 0.1) is 17.4 Å². The van der Waals surface area contributed by atoms with Crippen LogP contribution in [0.1, 0.15) is 74.7 Å². The van der Waals surface area contributed by atoms with Crippen molar-refractivity contribution in [2.45, 2.75) is 77.0 Å². The van der Waals surface area contributed by atoms with Crippen molar-refractivity contribution in [1.82, 2.24) is 5.32 Å². The minimum Gasteiger partial charge on any atom is -0.478 e. The smallest absolute Gasteiger partial charge is 0.335 e. The fraction of sp³-hybridized carbons (Fsp3) is 0.613. The van der Waals surface area contributed by atoms with Crippen LogP contribution in [0.5, 0.6) is 0 Å². The number of hydrogen-bond acceptors (Lipinski definition) is 8. The van der Waals surface area contributed by atoms with E-state index in [-0.39, 0.29) is 47.8 Å². The number of carboxylic acid groups (broad SMARTS) is 1. The van der Waals surface area contributed by atoms with Gasteiger partial charge in [-0.05, 0) is 91.9 Å². The van der Waals surface area contributed by atoms with E-state index in [1.54, 1.807) is 12.1 Å². The molecule has 1 aromatic rings. The molecule has 0 aliphatic heterocycles. The van der Waals surface area contributed by atoms with Crippen LogP contribution in [0.2, 0.25) is 0 Å². The molecule has 4 aliphatic carbocycles. The number of amides is 1. The second-order valence-corrected chi connectivity index (χ2v) is 12.7. The molecule has 41 heavy (non-hydrogen) atoms. The van der Waals surface area contributed by atoms with Crippen molar-refractivity contribution in [2.75, 3.05) is 13.2 Å². The van der Waals surface area contributed by atoms with Crippen LogP contribution in [-0.2, 0) is 21.0 Å². The van der Waals surface area contributed by atoms with Crippen LogP contribution < -0.4 is 5.32 Å². The van der Waals surface area contributed by atoms with Gasteiger partial charge in [0.15, 0.2) is 12.4 Å². The van der Waals surface area contributed by atoms with Gasteiger partial charge in [-0.15, -0.1) is 0 Å². The van der Waals surface area contributed by atoms with Gasteiger partial charge in [-0.25, -0.2) is 4.79 Å². The molecule has 10 heteroatoms. The molecule has 0 radical (unpaired) electrons. The fourth-order valence-corrected chi connectivity index (χ4v) is 8.56. The monoisotopic (exact) mass is 568 g/mol. The number of carbonyl (C=O) groups is 3. The Labute approximate surface area is 239 Å². The van der Waals surface area contributed by atoms with Crippen LogP contribution in [0.4, 0.5) is 0 Å². The zero-order chi connectivity index (χ0) is 29.6. The van der Waals surface area contributed by atoms with Gasteiger partial charge < -0.3 is 30.6 Å². The van der Waals surface area contributed by atoms with E-state index in [0.717, 1.165) is 30.5 Å². The predicted octanol–water partition coefficient (Wildman–Crippen LogP) is 2.60. The highest BCUT2D eigenvalue weighted by molar-refractivity contribution is 5.96. The Morgan fingerprint density at radius 1 is 1.10 bits per heavy atom. The Balaban J connectivity index is 1.21. The Bertz CT molecular complexity index is 1280. The SMILES string of the molecule is C[C@]12CC/C(=N\OCC(=O)NCc3ccc(C(=O)O)cc3)C=C1CC[C@@H]1[C@H]2[C@@H](O)C[C@@]2(C)[C@H]1CC[C@]2(O)C(=O)CO. The minimum atomic E-state index is -1.60. The minimum absolute atomic E-state index is 0.00460. The lowest BCUT2D eigenvalue weighted by molar-refractivity contribution is -0.181. The van der Waals surface area contributed by atoms with Gasteiger partial charge in [0.1, 0.15) is 12.2 Å². The molecule has 5 rings (SSSR count). The molecule has 0 unspecified atom stereocenters. The van der Waals surface area contributed by atoms with Crippen LogP contribution in [0.25, 0.3) is 0 Å². The highest BCUT2D eigenvalue weighted by Crippen LogP contribution is 2.67. The summed E-state index contributed by atoms with van der Waals surface area (Å²) in [7, 11) is 0. The summed E-state index contributed by atoms with van der Waals surface area (Å²) in [5.74, 6) is -1.61. The van der Waals surface area contributed by atoms with Crippen molar-refractivity contribution < 1.29 is 39.6 Å². The first-order chi connectivity index (χ1) is 19.4. The number of aromatic carboxylic acids is 1. The number of aliphatic hydroxyl groups excluding tert-OH is 2. The van der Waals surface area contributed by atoms with Gasteiger partial charge in [0.2, 0.25) is 0 Å². The summed E-state index contributed by atoms with van der Waals surface area (Å²) < 4.78 is 0. The van der Waals surface area contributed by atoms with Crippen molar-refractivity contribution in [3.05, 3.63) is 47.0 Å². The normalized spacial score (nSPS) is 36.9. The average molecular weight is 569 g/mol. The summed E-state index contributed by atoms with van der Waals surface area (Å²) in [4.78, 5) is 41.2. The number of rotatable bonds is 8. The molecule has 4 aliphatic rings. The second kappa shape index (κ2) is 11.0. The molecule has 222 valence electrons. The third-order valence-electron chi connectivity index (χ3n) is 10.7. The van der Waals surface area contributed by atoms with Crippen LogP contribution in [0, 0.1) is 28.6 Å². The van der Waals surface area contributed by atoms with E-state index in [1.165, 1.54) is 17.7 Å². The van der Waals surface area contributed by atoms with E-state index < -0.39 is 35.5 Å². The maximum absolute atomic E-state index is 12.6. The first-order valence-electron chi connectivity index (χ1n) is 14.5. The molecule has 3 saturated carbocycles. The summed E-state index contributed by atoms with van der Waals surface area (Å²) in [6.07, 6.45) is 5.81. The number of oxime groups is 1. The number of ketones is 1. The van der Waals surface area contributed by atoms with Crippen LogP contribution >= 0.6 is 0 Å². The predicted molar refractivity (Wildman–Crippen MR) is 149 cm³/mol. The molecule has 1 amide bonds. The zero-order valence-electron chi connectivity index (χ0n) is 23.6. The van der Waals surface area contributed by atoms with Crippen LogP contribution in [0.3, 0.4) is 0 Å². The molecule has 0 heterocycles. The molecule has 0 bridgehead atoms. The van der Waals surface area contributed by atoms with Crippen LogP contribution in [-0.4, -0.2) is 68.7 Å². The quantitative estimate of drug-likeness (QED) is 0.299. The summed E-state index contributed by atoms with van der Waals surface area (Å²) in [5, 5.41) is 48.4. The Morgan fingerprint density at radius 2 is 1.83 bits per heavy atom. The number of nitrogens with zero attached hydrogens (tertiary/aromatic N) is 1. The third kappa shape index (κ3) is 5.00. The summed E-state index contributed by atoms with van der Waals surface area (Å²) >= 11 is 0. The van der Waals surface area contributed by atoms with Gasteiger partial charge in [-0.3, -0.25) is 9.59 Å². The summed E-state index contributed by atoms with van der Waals surface area (Å²) in [5.41, 5.74) is 0.323. The fourth-order valence-electron chi connectivity index (χ4n) is 8.56. The first kappa shape index (κ1) is 29.4. The number of fused-ring (bicyclic) bond motifs is 5. The lowest BCUT2D eigenvalue weighted by Gasteiger charge is -2.60. The Morgan fingerprint density at radius 3 is 2.51 bits per heavy atom. The van der Waals surface area contributed by atoms with E-state index in [4.69, 9.17) is 9.94 Å². The largest absolute Gasteiger partial charge is 0.478 e. The maximum atomic E-state index is 12.6. The van der Waals surface area contributed by atoms with E-state index in [9.17, 15) is 29.7 Å². The number of hydrogen-bond donors (Lipinski definition) is 5. The van der Waals surface area contributed by atoms with Crippen molar-refractivity contribution >= 4 is 23.4 Å². The standard InChI is InChI=1S/C31H40N2O8/c1-29-11-9-21(33-41-17-26(37)32-15-18-3-5-19(6-4-18)28(38)39)13-20(29)7-8-22-23-10-12-31(40,25(36)16-34)30(23,2)14-24(35)27(22)29/h3-6,13,22-24,27,34-35,40H,7-12,14-17H2,1-2H3,(H,32,37)(H,38,39)/b33-21+/t22-,23-,24-,27-,29-,30-,31-/m0/s1. The topological polar surface area (TPSA) is 166 Å². The van der Waals surface area contributed by atoms with E-state index >= 15 is 0 Å². The van der Waals surface area contributed by atoms with E-state index in [1.807, 2.05) is 13.0 Å². The lowest BCUT2D eigenvalue weighted by Crippen LogP contribution is -2.62. The number of allylic oxidation sites excluding steroid dienone is 2. The molecule has 7 atom stereocenters. The number of carbonyl (C=O) groups excluding carboxylic acids is 2. The molecule has 0 aromatic heterocycles. The second-order valence-electron chi connectivity index (χ2n) is 12.7. The van der Waals surface area contributed by atoms with Gasteiger partial charge in [-0.1, -0.05) is 36.7 Å². The molecular formula is C31H40N2O8. The van der Waals surface area contributed by atoms with Gasteiger partial charge >= 0.3 is 5.97 Å². The molecule has 1 aromatic carbocycles. The van der Waals surface area contributed by atoms with Crippen molar-refractivity contribution in [2.24, 2.45) is 33.7 Å². The zero-order valence-corrected chi connectivity index (χ0v) is 23.6. The highest BCUT2D eigenvalue weighted by atomic mass is 16.6. The van der Waals surface area contributed by atoms with Crippen molar-refractivity contribution in [1.29, 1.82) is 0 Å². The summed E-state index contributed by atoms with van der Waals surface area (Å²) in [6, 6.07) is 6.27. The lowest BCUT2D eigenvalue weighted by atomic mass is 9.45. The number of benzene rings is 1. The molecular weight excluding hydrogens is 528 g/mol. The Hall–Kier alpha value is -3.08. The van der Waals surface area contributed by atoms with Gasteiger partial charge in [-0.2, -0.15) is 0 Å². The number of nitrogens with one attached hydrogen (secondary N) is 1. The van der Waals surface area contributed by atoms with E-state index in [2.05, 4.69) is 17.4 Å². The molecule has 3 fully saturated rings. The van der Waals surface area contributed by atoms with Crippen molar-refractivity contribution in [3.8, 4) is 0 Å². The summed E-state index contributed by atoms with van der Waals surface area (Å²) in [6.45, 7) is 3.44.